The van der Waals surface area contributed by atoms with Gasteiger partial charge in [-0.2, -0.15) is 0 Å². The smallest absolute Gasteiger partial charge is 0.264 e. The lowest BCUT2D eigenvalue weighted by molar-refractivity contribution is -0.114. The fourth-order valence-corrected chi connectivity index (χ4v) is 6.53. The van der Waals surface area contributed by atoms with Crippen LogP contribution < -0.4 is 14.3 Å². The average molecular weight is 564 g/mol. The van der Waals surface area contributed by atoms with Crippen molar-refractivity contribution in [3.05, 3.63) is 114 Å². The highest BCUT2D eigenvalue weighted by Gasteiger charge is 2.28. The van der Waals surface area contributed by atoms with E-state index in [2.05, 4.69) is 10.0 Å². The van der Waals surface area contributed by atoms with Gasteiger partial charge < -0.3 is 5.32 Å². The summed E-state index contributed by atoms with van der Waals surface area (Å²) in [5, 5.41) is 2.68. The number of benzene rings is 4. The molecule has 39 heavy (non-hydrogen) atoms. The molecule has 8 nitrogen and oxygen atoms in total. The SMILES string of the molecule is Cc1cccc(NS(=O)(=O)c2ccc(NC(=O)CN(c3cc(C)ccc3C)S(=O)(=O)c3ccccc3)cc2)c1. The molecule has 2 N–H and O–H groups in total. The van der Waals surface area contributed by atoms with Gasteiger partial charge in [-0.3, -0.25) is 13.8 Å². The maximum absolute atomic E-state index is 13.6. The van der Waals surface area contributed by atoms with Crippen LogP contribution in [0.3, 0.4) is 0 Å². The number of carbonyl (C=O) groups excluding carboxylic acids is 1. The lowest BCUT2D eigenvalue weighted by atomic mass is 10.1. The first kappa shape index (κ1) is 27.9. The van der Waals surface area contributed by atoms with Gasteiger partial charge in [-0.25, -0.2) is 16.8 Å². The van der Waals surface area contributed by atoms with Crippen molar-refractivity contribution in [2.75, 3.05) is 20.9 Å². The second kappa shape index (κ2) is 11.3. The van der Waals surface area contributed by atoms with E-state index in [9.17, 15) is 21.6 Å². The highest BCUT2D eigenvalue weighted by molar-refractivity contribution is 7.93. The number of hydrogen-bond donors (Lipinski definition) is 2. The van der Waals surface area contributed by atoms with Crippen LogP contribution in [0.15, 0.2) is 107 Å². The molecule has 0 atom stereocenters. The first-order chi connectivity index (χ1) is 18.5. The van der Waals surface area contributed by atoms with E-state index < -0.39 is 32.5 Å². The van der Waals surface area contributed by atoms with Crippen LogP contribution in [0.4, 0.5) is 17.1 Å². The van der Waals surface area contributed by atoms with Crippen molar-refractivity contribution in [3.63, 3.8) is 0 Å². The molecule has 1 amide bonds. The number of carbonyl (C=O) groups is 1. The molecule has 202 valence electrons. The molecule has 0 heterocycles. The Bertz CT molecular complexity index is 1700. The molecule has 0 radical (unpaired) electrons. The summed E-state index contributed by atoms with van der Waals surface area (Å²) in [5.74, 6) is -0.580. The van der Waals surface area contributed by atoms with E-state index in [0.717, 1.165) is 15.4 Å². The quantitative estimate of drug-likeness (QED) is 0.289. The van der Waals surface area contributed by atoms with Crippen molar-refractivity contribution in [1.82, 2.24) is 0 Å². The van der Waals surface area contributed by atoms with Gasteiger partial charge in [-0.05, 0) is 92.1 Å². The standard InChI is InChI=1S/C29H29N3O5S2/c1-21-8-7-9-25(18-21)31-38(34,35)26-16-14-24(15-17-26)30-29(33)20-32(28-19-22(2)12-13-23(28)3)39(36,37)27-10-5-4-6-11-27/h4-19,31H,20H2,1-3H3,(H,30,33). The van der Waals surface area contributed by atoms with Crippen LogP contribution in [0, 0.1) is 20.8 Å². The summed E-state index contributed by atoms with van der Waals surface area (Å²) >= 11 is 0. The van der Waals surface area contributed by atoms with Gasteiger partial charge in [0.05, 0.1) is 15.5 Å². The Hall–Kier alpha value is -4.15. The third-order valence-corrected chi connectivity index (χ3v) is 9.14. The van der Waals surface area contributed by atoms with Crippen molar-refractivity contribution in [2.24, 2.45) is 0 Å². The van der Waals surface area contributed by atoms with Crippen LogP contribution in [-0.2, 0) is 24.8 Å². The molecule has 0 aromatic heterocycles. The Balaban J connectivity index is 1.55. The van der Waals surface area contributed by atoms with Crippen LogP contribution in [-0.4, -0.2) is 29.3 Å². The molecule has 0 saturated heterocycles. The van der Waals surface area contributed by atoms with Crippen LogP contribution in [0.5, 0.6) is 0 Å². The van der Waals surface area contributed by atoms with Gasteiger partial charge in [0.25, 0.3) is 20.0 Å². The zero-order valence-electron chi connectivity index (χ0n) is 21.7. The van der Waals surface area contributed by atoms with Crippen molar-refractivity contribution in [1.29, 1.82) is 0 Å². The largest absolute Gasteiger partial charge is 0.325 e. The summed E-state index contributed by atoms with van der Waals surface area (Å²) in [4.78, 5) is 13.2. The molecule has 4 aromatic carbocycles. The number of nitrogens with zero attached hydrogens (tertiary/aromatic N) is 1. The van der Waals surface area contributed by atoms with E-state index in [1.165, 1.54) is 36.4 Å². The molecule has 0 fully saturated rings. The van der Waals surface area contributed by atoms with Gasteiger partial charge in [0.2, 0.25) is 5.91 Å². The Morgan fingerprint density at radius 2 is 1.36 bits per heavy atom. The van der Waals surface area contributed by atoms with Gasteiger partial charge in [0, 0.05) is 11.4 Å². The maximum atomic E-state index is 13.6. The number of hydrogen-bond acceptors (Lipinski definition) is 5. The molecule has 0 bridgehead atoms. The van der Waals surface area contributed by atoms with E-state index in [-0.39, 0.29) is 9.79 Å². The van der Waals surface area contributed by atoms with E-state index in [0.29, 0.717) is 22.6 Å². The Labute approximate surface area is 229 Å². The lowest BCUT2D eigenvalue weighted by Gasteiger charge is -2.26. The summed E-state index contributed by atoms with van der Waals surface area (Å²) in [5.41, 5.74) is 3.63. The van der Waals surface area contributed by atoms with Gasteiger partial charge >= 0.3 is 0 Å². The monoisotopic (exact) mass is 563 g/mol. The number of rotatable bonds is 9. The van der Waals surface area contributed by atoms with Crippen LogP contribution in [0.2, 0.25) is 0 Å². The van der Waals surface area contributed by atoms with E-state index in [1.807, 2.05) is 26.0 Å². The van der Waals surface area contributed by atoms with Crippen molar-refractivity contribution in [3.8, 4) is 0 Å². The second-order valence-electron chi connectivity index (χ2n) is 9.16. The molecule has 0 saturated carbocycles. The fourth-order valence-electron chi connectivity index (χ4n) is 3.98. The van der Waals surface area contributed by atoms with E-state index in [4.69, 9.17) is 0 Å². The minimum atomic E-state index is -4.05. The highest BCUT2D eigenvalue weighted by atomic mass is 32.2. The van der Waals surface area contributed by atoms with Crippen molar-refractivity contribution in [2.45, 2.75) is 30.6 Å². The fraction of sp³-hybridized carbons (Fsp3) is 0.138. The topological polar surface area (TPSA) is 113 Å². The van der Waals surface area contributed by atoms with E-state index in [1.54, 1.807) is 55.5 Å². The minimum absolute atomic E-state index is 0.0191. The molecular formula is C29H29N3O5S2. The summed E-state index contributed by atoms with van der Waals surface area (Å²) < 4.78 is 56.3. The third-order valence-electron chi connectivity index (χ3n) is 5.97. The lowest BCUT2D eigenvalue weighted by Crippen LogP contribution is -2.38. The van der Waals surface area contributed by atoms with Gasteiger partial charge in [-0.1, -0.05) is 42.5 Å². The zero-order chi connectivity index (χ0) is 28.2. The Morgan fingerprint density at radius 1 is 0.692 bits per heavy atom. The number of sulfonamides is 2. The number of aryl methyl sites for hydroxylation is 3. The first-order valence-corrected chi connectivity index (χ1v) is 15.0. The molecule has 0 aliphatic carbocycles. The number of nitrogens with one attached hydrogen (secondary N) is 2. The first-order valence-electron chi connectivity index (χ1n) is 12.1. The number of anilines is 3. The summed E-state index contributed by atoms with van der Waals surface area (Å²) in [6.07, 6.45) is 0. The van der Waals surface area contributed by atoms with Gasteiger partial charge in [0.1, 0.15) is 6.54 Å². The third kappa shape index (κ3) is 6.65. The second-order valence-corrected chi connectivity index (χ2v) is 12.7. The average Bonchev–Trinajstić information content (AvgIpc) is 2.89. The molecule has 4 aromatic rings. The van der Waals surface area contributed by atoms with Crippen LogP contribution in [0.25, 0.3) is 0 Å². The molecule has 10 heteroatoms. The molecule has 4 rings (SSSR count). The highest BCUT2D eigenvalue weighted by Crippen LogP contribution is 2.28. The predicted octanol–water partition coefficient (Wildman–Crippen LogP) is 5.25. The maximum Gasteiger partial charge on any atom is 0.264 e. The molecule has 0 spiro atoms. The van der Waals surface area contributed by atoms with Crippen molar-refractivity contribution < 1.29 is 21.6 Å². The Kier molecular flexibility index (Phi) is 8.08. The zero-order valence-corrected chi connectivity index (χ0v) is 23.4. The van der Waals surface area contributed by atoms with Crippen LogP contribution >= 0.6 is 0 Å². The van der Waals surface area contributed by atoms with Crippen LogP contribution in [0.1, 0.15) is 16.7 Å². The molecule has 0 aliphatic rings. The Morgan fingerprint density at radius 3 is 2.03 bits per heavy atom. The number of amides is 1. The molecule has 0 aliphatic heterocycles. The molecular weight excluding hydrogens is 534 g/mol. The predicted molar refractivity (Wildman–Crippen MR) is 154 cm³/mol. The summed E-state index contributed by atoms with van der Waals surface area (Å²) in [7, 11) is -7.89. The van der Waals surface area contributed by atoms with Gasteiger partial charge in [0.15, 0.2) is 0 Å². The van der Waals surface area contributed by atoms with Crippen molar-refractivity contribution >= 4 is 43.0 Å². The normalized spacial score (nSPS) is 11.6. The van der Waals surface area contributed by atoms with Gasteiger partial charge in [-0.15, -0.1) is 0 Å². The minimum Gasteiger partial charge on any atom is -0.325 e. The summed E-state index contributed by atoms with van der Waals surface area (Å²) in [6.45, 7) is 5.02. The molecule has 0 unspecified atom stereocenters. The van der Waals surface area contributed by atoms with E-state index >= 15 is 0 Å². The summed E-state index contributed by atoms with van der Waals surface area (Å²) in [6, 6.07) is 26.0.